The second-order valence-corrected chi connectivity index (χ2v) is 23.2. The van der Waals surface area contributed by atoms with Crippen molar-refractivity contribution in [3.8, 4) is 0 Å². The third-order valence-electron chi connectivity index (χ3n) is 13.4. The average Bonchev–Trinajstić information content (AvgIpc) is 3.35. The molecule has 0 spiro atoms. The zero-order chi connectivity index (χ0) is 53.5. The first kappa shape index (κ1) is 70.7. The van der Waals surface area contributed by atoms with E-state index in [1.54, 1.807) is 6.08 Å². The number of carbonyl (C=O) groups is 1. The summed E-state index contributed by atoms with van der Waals surface area (Å²) in [6.07, 6.45) is 76.8. The van der Waals surface area contributed by atoms with Crippen LogP contribution >= 0.6 is 7.82 Å². The summed E-state index contributed by atoms with van der Waals surface area (Å²) in [4.78, 5) is 23.3. The number of hydrogen-bond donors (Lipinski definition) is 3. The molecule has 0 aromatic carbocycles. The van der Waals surface area contributed by atoms with Gasteiger partial charge in [0.25, 0.3) is 0 Å². The molecule has 1 amide bonds. The number of phosphoric ester groups is 1. The molecule has 0 bridgehead atoms. The summed E-state index contributed by atoms with van der Waals surface area (Å²) >= 11 is 0. The van der Waals surface area contributed by atoms with E-state index in [9.17, 15) is 19.4 Å². The summed E-state index contributed by atoms with van der Waals surface area (Å²) in [6, 6.07) is -0.855. The van der Waals surface area contributed by atoms with E-state index in [2.05, 4.69) is 92.1 Å². The molecule has 3 unspecified atom stereocenters. The fraction of sp³-hybridized carbons (Fsp3) is 0.766. The van der Waals surface area contributed by atoms with Gasteiger partial charge in [0.05, 0.1) is 39.9 Å². The van der Waals surface area contributed by atoms with E-state index in [0.717, 1.165) is 83.5 Å². The van der Waals surface area contributed by atoms with Crippen molar-refractivity contribution >= 4 is 13.7 Å². The minimum Gasteiger partial charge on any atom is -0.387 e. The molecule has 424 valence electrons. The lowest BCUT2D eigenvalue weighted by Gasteiger charge is -2.25. The highest BCUT2D eigenvalue weighted by Crippen LogP contribution is 2.43. The van der Waals surface area contributed by atoms with E-state index in [1.807, 2.05) is 27.2 Å². The fourth-order valence-corrected chi connectivity index (χ4v) is 9.37. The van der Waals surface area contributed by atoms with Gasteiger partial charge in [-0.05, 0) is 70.6 Å². The van der Waals surface area contributed by atoms with Crippen LogP contribution in [0.25, 0.3) is 0 Å². The Bertz CT molecular complexity index is 1460. The van der Waals surface area contributed by atoms with Crippen LogP contribution in [0.4, 0.5) is 0 Å². The molecule has 0 saturated carbocycles. The number of aliphatic hydroxyl groups is 1. The quantitative estimate of drug-likeness (QED) is 0.0243. The average molecular weight is 1040 g/mol. The molecule has 0 radical (unpaired) electrons. The van der Waals surface area contributed by atoms with Gasteiger partial charge in [-0.1, -0.05) is 272 Å². The van der Waals surface area contributed by atoms with E-state index in [4.69, 9.17) is 9.05 Å². The Morgan fingerprint density at radius 1 is 0.479 bits per heavy atom. The van der Waals surface area contributed by atoms with Gasteiger partial charge >= 0.3 is 7.82 Å². The highest BCUT2D eigenvalue weighted by molar-refractivity contribution is 7.47. The van der Waals surface area contributed by atoms with Crippen LogP contribution < -0.4 is 5.32 Å². The van der Waals surface area contributed by atoms with E-state index >= 15 is 0 Å². The Hall–Kier alpha value is -2.32. The van der Waals surface area contributed by atoms with E-state index in [0.29, 0.717) is 17.4 Å². The number of aliphatic hydroxyl groups excluding tert-OH is 1. The molecule has 73 heavy (non-hydrogen) atoms. The second-order valence-electron chi connectivity index (χ2n) is 21.7. The SMILES string of the molecule is CC/C=C\C/C=C\C/C=C\C/C=C\C/C=C\C/C=C\CCCCCCCCCCCCC(=O)NC(COP(=O)(O)OCC[N+](C)(C)C)C(O)/C=C/CCCCCCCCCCCCCCCCCCCCCC. The number of nitrogens with zero attached hydrogens (tertiary/aromatic N) is 1. The van der Waals surface area contributed by atoms with Crippen molar-refractivity contribution in [2.75, 3.05) is 40.9 Å². The minimum absolute atomic E-state index is 0.0575. The van der Waals surface area contributed by atoms with Crippen LogP contribution in [0.5, 0.6) is 0 Å². The predicted octanol–water partition coefficient (Wildman–Crippen LogP) is 18.8. The maximum absolute atomic E-state index is 13.0. The molecule has 0 aliphatic carbocycles. The molecule has 0 aliphatic heterocycles. The Balaban J connectivity index is 4.21. The molecule has 0 rings (SSSR count). The Labute approximate surface area is 452 Å². The van der Waals surface area contributed by atoms with Gasteiger partial charge < -0.3 is 19.8 Å². The molecular weight excluding hydrogens is 924 g/mol. The van der Waals surface area contributed by atoms with Gasteiger partial charge in [0.2, 0.25) is 5.91 Å². The van der Waals surface area contributed by atoms with Gasteiger partial charge in [0.1, 0.15) is 13.2 Å². The maximum Gasteiger partial charge on any atom is 0.472 e. The summed E-state index contributed by atoms with van der Waals surface area (Å²) in [5.41, 5.74) is 0. The van der Waals surface area contributed by atoms with E-state index < -0.39 is 20.0 Å². The predicted molar refractivity (Wildman–Crippen MR) is 318 cm³/mol. The van der Waals surface area contributed by atoms with Crippen LogP contribution in [0.2, 0.25) is 0 Å². The van der Waals surface area contributed by atoms with Crippen LogP contribution in [0.15, 0.2) is 85.1 Å². The van der Waals surface area contributed by atoms with Crippen molar-refractivity contribution in [3.05, 3.63) is 85.1 Å². The first-order valence-corrected chi connectivity index (χ1v) is 32.0. The molecule has 0 fully saturated rings. The highest BCUT2D eigenvalue weighted by atomic mass is 31.2. The lowest BCUT2D eigenvalue weighted by Crippen LogP contribution is -2.45. The number of quaternary nitrogens is 1. The number of phosphoric acid groups is 1. The first-order chi connectivity index (χ1) is 35.5. The largest absolute Gasteiger partial charge is 0.472 e. The molecule has 3 N–H and O–H groups in total. The third kappa shape index (κ3) is 57.2. The van der Waals surface area contributed by atoms with Crippen molar-refractivity contribution in [2.45, 2.75) is 276 Å². The number of rotatable bonds is 55. The normalized spacial score (nSPS) is 14.5. The van der Waals surface area contributed by atoms with E-state index in [1.165, 1.54) is 161 Å². The van der Waals surface area contributed by atoms with E-state index in [-0.39, 0.29) is 19.1 Å². The topological polar surface area (TPSA) is 105 Å². The zero-order valence-electron chi connectivity index (χ0n) is 48.4. The summed E-state index contributed by atoms with van der Waals surface area (Å²) in [5, 5.41) is 14.0. The van der Waals surface area contributed by atoms with Crippen LogP contribution in [0.1, 0.15) is 264 Å². The smallest absolute Gasteiger partial charge is 0.387 e. The van der Waals surface area contributed by atoms with Gasteiger partial charge in [-0.15, -0.1) is 0 Å². The number of likely N-dealkylation sites (N-methyl/N-ethyl adjacent to an activating group) is 1. The van der Waals surface area contributed by atoms with Crippen LogP contribution in [-0.4, -0.2) is 73.4 Å². The molecule has 0 saturated heterocycles. The molecule has 0 aliphatic rings. The summed E-state index contributed by atoms with van der Waals surface area (Å²) < 4.78 is 23.7. The number of nitrogens with one attached hydrogen (secondary N) is 1. The van der Waals surface area contributed by atoms with Crippen LogP contribution in [0, 0.1) is 0 Å². The number of amides is 1. The van der Waals surface area contributed by atoms with Crippen LogP contribution in [-0.2, 0) is 18.4 Å². The van der Waals surface area contributed by atoms with Gasteiger partial charge in [-0.25, -0.2) is 4.57 Å². The number of allylic oxidation sites excluding steroid dienone is 13. The van der Waals surface area contributed by atoms with Crippen LogP contribution in [0.3, 0.4) is 0 Å². The third-order valence-corrected chi connectivity index (χ3v) is 14.4. The molecular formula is C64H118N2O6P+. The number of unbranched alkanes of at least 4 members (excludes halogenated alkanes) is 30. The fourth-order valence-electron chi connectivity index (χ4n) is 8.64. The molecule has 3 atom stereocenters. The second kappa shape index (κ2) is 54.5. The molecule has 0 aromatic rings. The zero-order valence-corrected chi connectivity index (χ0v) is 49.3. The Kier molecular flexibility index (Phi) is 52.7. The molecule has 0 heterocycles. The lowest BCUT2D eigenvalue weighted by molar-refractivity contribution is -0.870. The van der Waals surface area contributed by atoms with Crippen molar-refractivity contribution < 1.29 is 32.9 Å². The molecule has 9 heteroatoms. The molecule has 0 aromatic heterocycles. The van der Waals surface area contributed by atoms with Gasteiger partial charge in [0, 0.05) is 6.42 Å². The van der Waals surface area contributed by atoms with Gasteiger partial charge in [0.15, 0.2) is 0 Å². The summed E-state index contributed by atoms with van der Waals surface area (Å²) in [6.45, 7) is 4.72. The number of hydrogen-bond acceptors (Lipinski definition) is 5. The first-order valence-electron chi connectivity index (χ1n) is 30.5. The number of carbonyl (C=O) groups excluding carboxylic acids is 1. The van der Waals surface area contributed by atoms with Crippen molar-refractivity contribution in [1.82, 2.24) is 5.32 Å². The minimum atomic E-state index is -4.36. The standard InChI is InChI=1S/C64H117N2O6P/c1-6-8-10-12-14-16-18-20-22-24-26-28-30-31-32-33-34-35-36-38-40-42-44-46-48-50-52-54-56-58-64(68)65-62(61-72-73(69,70)71-60-59-66(3,4)5)63(67)57-55-53-51-49-47-45-43-41-39-37-29-27-25-23-21-19-17-15-13-11-9-7-2/h8,10,14,16,20,22,26,28,31-32,34-35,55,57,62-63,67H,6-7,9,11-13,15,17-19,21,23-25,27,29-30,33,36-54,56,58-61H2,1-5H3,(H-,65,68,69,70)/p+1/b10-8-,16-14-,22-20-,28-26-,32-31-,35-34-,57-55+. The highest BCUT2D eigenvalue weighted by Gasteiger charge is 2.27. The van der Waals surface area contributed by atoms with Gasteiger partial charge in [-0.3, -0.25) is 13.8 Å². The van der Waals surface area contributed by atoms with Crippen molar-refractivity contribution in [2.24, 2.45) is 0 Å². The monoisotopic (exact) mass is 1040 g/mol. The van der Waals surface area contributed by atoms with Crippen molar-refractivity contribution in [3.63, 3.8) is 0 Å². The van der Waals surface area contributed by atoms with Crippen molar-refractivity contribution in [1.29, 1.82) is 0 Å². The Morgan fingerprint density at radius 3 is 1.21 bits per heavy atom. The summed E-state index contributed by atoms with van der Waals surface area (Å²) in [7, 11) is 1.57. The molecule has 8 nitrogen and oxygen atoms in total. The lowest BCUT2D eigenvalue weighted by atomic mass is 10.0. The van der Waals surface area contributed by atoms with Gasteiger partial charge in [-0.2, -0.15) is 0 Å². The summed E-state index contributed by atoms with van der Waals surface area (Å²) in [5.74, 6) is -0.183. The Morgan fingerprint density at radius 2 is 0.822 bits per heavy atom. The maximum atomic E-state index is 13.0.